The average Bonchev–Trinajstić information content (AvgIpc) is 3.36. The molecule has 182 valence electrons. The van der Waals surface area contributed by atoms with Gasteiger partial charge in [-0.1, -0.05) is 30.3 Å². The van der Waals surface area contributed by atoms with Crippen LogP contribution < -0.4 is 5.32 Å². The molecule has 5 rings (SSSR count). The molecular weight excluding hydrogens is 476 g/mol. The van der Waals surface area contributed by atoms with E-state index in [0.717, 1.165) is 20.9 Å². The summed E-state index contributed by atoms with van der Waals surface area (Å²) < 4.78 is 0. The van der Waals surface area contributed by atoms with Crippen molar-refractivity contribution in [3.8, 4) is 0 Å². The van der Waals surface area contributed by atoms with Crippen molar-refractivity contribution in [3.05, 3.63) is 87.3 Å². The van der Waals surface area contributed by atoms with Crippen LogP contribution in [-0.4, -0.2) is 59.8 Å². The predicted octanol–water partition coefficient (Wildman–Crippen LogP) is 3.62. The lowest BCUT2D eigenvalue weighted by Crippen LogP contribution is -2.39. The minimum Gasteiger partial charge on any atom is -0.337 e. The Bertz CT molecular complexity index is 1360. The molecule has 0 spiro atoms. The Morgan fingerprint density at radius 1 is 1.03 bits per heavy atom. The van der Waals surface area contributed by atoms with Gasteiger partial charge in [0.05, 0.1) is 17.7 Å². The largest absolute Gasteiger partial charge is 0.337 e. The zero-order valence-electron chi connectivity index (χ0n) is 19.7. The molecule has 2 aromatic carbocycles. The Kier molecular flexibility index (Phi) is 6.47. The van der Waals surface area contributed by atoms with Crippen LogP contribution in [0.4, 0.5) is 5.00 Å². The second-order valence-electron chi connectivity index (χ2n) is 8.58. The number of fused-ring (bicyclic) bond motifs is 2. The van der Waals surface area contributed by atoms with E-state index in [9.17, 15) is 19.2 Å². The molecule has 0 bridgehead atoms. The number of hydrogen-bond acceptors (Lipinski definition) is 6. The molecular formula is C27H24N4O4S. The van der Waals surface area contributed by atoms with Crippen molar-refractivity contribution < 1.29 is 19.2 Å². The molecule has 3 aromatic rings. The molecule has 0 saturated carbocycles. The van der Waals surface area contributed by atoms with Gasteiger partial charge in [-0.3, -0.25) is 29.1 Å². The topological polar surface area (TPSA) is 99.2 Å². The highest BCUT2D eigenvalue weighted by molar-refractivity contribution is 7.17. The van der Waals surface area contributed by atoms with Crippen molar-refractivity contribution in [1.29, 1.82) is 0 Å². The minimum absolute atomic E-state index is 0.0467. The molecule has 8 nitrogen and oxygen atoms in total. The van der Waals surface area contributed by atoms with Crippen molar-refractivity contribution in [2.45, 2.75) is 19.4 Å². The molecule has 0 radical (unpaired) electrons. The molecule has 0 fully saturated rings. The zero-order chi connectivity index (χ0) is 25.2. The molecule has 3 heterocycles. The van der Waals surface area contributed by atoms with Crippen LogP contribution in [0.25, 0.3) is 0 Å². The summed E-state index contributed by atoms with van der Waals surface area (Å²) in [4.78, 5) is 59.0. The van der Waals surface area contributed by atoms with Crippen molar-refractivity contribution in [3.63, 3.8) is 0 Å². The second kappa shape index (κ2) is 9.87. The number of carbonyl (C=O) groups is 4. The summed E-state index contributed by atoms with van der Waals surface area (Å²) in [5.41, 5.74) is 3.28. The highest BCUT2D eigenvalue weighted by atomic mass is 32.1. The van der Waals surface area contributed by atoms with E-state index in [4.69, 9.17) is 0 Å². The van der Waals surface area contributed by atoms with Gasteiger partial charge in [-0.05, 0) is 36.2 Å². The van der Waals surface area contributed by atoms with Gasteiger partial charge in [-0.15, -0.1) is 11.3 Å². The van der Waals surface area contributed by atoms with Crippen molar-refractivity contribution in [2.24, 2.45) is 4.99 Å². The lowest BCUT2D eigenvalue weighted by molar-refractivity contribution is -0.132. The number of thiophene rings is 1. The third-order valence-electron chi connectivity index (χ3n) is 6.40. The third kappa shape index (κ3) is 4.33. The normalized spacial score (nSPS) is 14.8. The Balaban J connectivity index is 1.27. The average molecular weight is 501 g/mol. The van der Waals surface area contributed by atoms with Crippen molar-refractivity contribution in [2.75, 3.05) is 25.5 Å². The van der Waals surface area contributed by atoms with Gasteiger partial charge in [0.25, 0.3) is 17.7 Å². The third-order valence-corrected chi connectivity index (χ3v) is 7.55. The summed E-state index contributed by atoms with van der Waals surface area (Å²) in [6.45, 7) is 0.971. The number of imide groups is 1. The number of carbonyl (C=O) groups excluding carboxylic acids is 4. The number of hydrogen-bond donors (Lipinski definition) is 1. The molecule has 9 heteroatoms. The van der Waals surface area contributed by atoms with E-state index in [-0.39, 0.29) is 36.6 Å². The van der Waals surface area contributed by atoms with Gasteiger partial charge in [0.1, 0.15) is 5.00 Å². The summed E-state index contributed by atoms with van der Waals surface area (Å²) in [7, 11) is 1.69. The van der Waals surface area contributed by atoms with Crippen molar-refractivity contribution >= 4 is 46.2 Å². The first-order valence-corrected chi connectivity index (χ1v) is 12.5. The number of rotatable bonds is 6. The predicted molar refractivity (Wildman–Crippen MR) is 138 cm³/mol. The summed E-state index contributed by atoms with van der Waals surface area (Å²) in [5.74, 6) is -1.03. The molecule has 0 aliphatic carbocycles. The minimum atomic E-state index is -0.357. The van der Waals surface area contributed by atoms with Gasteiger partial charge >= 0.3 is 0 Å². The summed E-state index contributed by atoms with van der Waals surface area (Å²) >= 11 is 1.45. The lowest BCUT2D eigenvalue weighted by atomic mass is 10.0. The number of anilines is 1. The number of aliphatic imine (C=N–C) groups is 1. The Labute approximate surface area is 212 Å². The summed E-state index contributed by atoms with van der Waals surface area (Å²) in [5, 5.41) is 3.70. The molecule has 36 heavy (non-hydrogen) atoms. The van der Waals surface area contributed by atoms with E-state index in [1.165, 1.54) is 11.3 Å². The van der Waals surface area contributed by atoms with Crippen LogP contribution in [0.3, 0.4) is 0 Å². The highest BCUT2D eigenvalue weighted by Crippen LogP contribution is 2.36. The van der Waals surface area contributed by atoms with E-state index in [2.05, 4.69) is 10.3 Å². The molecule has 1 N–H and O–H groups in total. The van der Waals surface area contributed by atoms with Gasteiger partial charge in [-0.25, -0.2) is 0 Å². The van der Waals surface area contributed by atoms with E-state index in [0.29, 0.717) is 41.2 Å². The van der Waals surface area contributed by atoms with Crippen LogP contribution in [0.5, 0.6) is 0 Å². The second-order valence-corrected chi connectivity index (χ2v) is 9.68. The van der Waals surface area contributed by atoms with E-state index < -0.39 is 0 Å². The van der Waals surface area contributed by atoms with Gasteiger partial charge < -0.3 is 10.2 Å². The SMILES string of the molecule is CN=Cc1c(NC(=O)c2ccccc2)sc2c1CCN(C(=O)CCN1C(=O)c3ccccc3C1=O)C2. The monoisotopic (exact) mass is 500 g/mol. The fraction of sp³-hybridized carbons (Fsp3) is 0.222. The summed E-state index contributed by atoms with van der Waals surface area (Å²) in [6, 6.07) is 15.7. The molecule has 2 aliphatic rings. The van der Waals surface area contributed by atoms with Crippen LogP contribution in [-0.2, 0) is 17.8 Å². The number of nitrogens with one attached hydrogen (secondary N) is 1. The Morgan fingerprint density at radius 2 is 1.69 bits per heavy atom. The fourth-order valence-electron chi connectivity index (χ4n) is 4.57. The highest BCUT2D eigenvalue weighted by Gasteiger charge is 2.35. The van der Waals surface area contributed by atoms with Crippen LogP contribution in [0, 0.1) is 0 Å². The first-order chi connectivity index (χ1) is 17.5. The van der Waals surface area contributed by atoms with Crippen LogP contribution in [0.1, 0.15) is 53.5 Å². The van der Waals surface area contributed by atoms with Gasteiger partial charge in [-0.2, -0.15) is 0 Å². The fourth-order valence-corrected chi connectivity index (χ4v) is 5.80. The lowest BCUT2D eigenvalue weighted by Gasteiger charge is -2.28. The van der Waals surface area contributed by atoms with Crippen LogP contribution in [0.2, 0.25) is 0 Å². The van der Waals surface area contributed by atoms with E-state index in [1.54, 1.807) is 54.6 Å². The quantitative estimate of drug-likeness (QED) is 0.413. The van der Waals surface area contributed by atoms with E-state index in [1.807, 2.05) is 18.2 Å². The standard InChI is InChI=1S/C27H24N4O4S/c1-28-15-21-18-11-13-30(16-22(18)36-25(21)29-24(33)17-7-3-2-4-8-17)23(32)12-14-31-26(34)19-9-5-6-10-20(19)27(31)35/h2-10,15H,11-14,16H2,1H3,(H,29,33). The molecule has 0 atom stereocenters. The molecule has 0 saturated heterocycles. The Morgan fingerprint density at radius 3 is 2.36 bits per heavy atom. The van der Waals surface area contributed by atoms with Crippen LogP contribution >= 0.6 is 11.3 Å². The van der Waals surface area contributed by atoms with Gasteiger partial charge in [0.15, 0.2) is 0 Å². The summed E-state index contributed by atoms with van der Waals surface area (Å²) in [6.07, 6.45) is 2.44. The maximum absolute atomic E-state index is 13.0. The maximum atomic E-state index is 13.0. The Hall–Kier alpha value is -4.11. The van der Waals surface area contributed by atoms with Crippen LogP contribution in [0.15, 0.2) is 59.6 Å². The molecule has 0 unspecified atom stereocenters. The first-order valence-electron chi connectivity index (χ1n) is 11.6. The first kappa shape index (κ1) is 23.6. The van der Waals surface area contributed by atoms with Crippen molar-refractivity contribution in [1.82, 2.24) is 9.80 Å². The van der Waals surface area contributed by atoms with Gasteiger partial charge in [0, 0.05) is 48.8 Å². The number of amides is 4. The number of benzene rings is 2. The maximum Gasteiger partial charge on any atom is 0.261 e. The molecule has 1 aromatic heterocycles. The molecule has 4 amide bonds. The smallest absolute Gasteiger partial charge is 0.261 e. The van der Waals surface area contributed by atoms with Gasteiger partial charge in [0.2, 0.25) is 5.91 Å². The zero-order valence-corrected chi connectivity index (χ0v) is 20.5. The number of nitrogens with zero attached hydrogens (tertiary/aromatic N) is 3. The molecule has 2 aliphatic heterocycles. The van der Waals surface area contributed by atoms with E-state index >= 15 is 0 Å².